The molecule has 21 heavy (non-hydrogen) atoms. The molecule has 0 radical (unpaired) electrons. The molecule has 2 atom stereocenters. The van der Waals surface area contributed by atoms with Crippen molar-refractivity contribution >= 4 is 57.1 Å². The number of halogens is 2. The molecular formula is C13H10I2O6. The number of esters is 2. The maximum Gasteiger partial charge on any atom is 0.349 e. The van der Waals surface area contributed by atoms with E-state index in [1.165, 1.54) is 0 Å². The van der Waals surface area contributed by atoms with E-state index in [0.717, 1.165) is 5.57 Å². The molecular weight excluding hydrogens is 506 g/mol. The number of hydrogen-bond donors (Lipinski definition) is 0. The third-order valence-corrected chi connectivity index (χ3v) is 6.87. The molecule has 3 rings (SSSR count). The topological polar surface area (TPSA) is 71.1 Å². The fraction of sp³-hybridized carbons (Fsp3) is 0.385. The lowest BCUT2D eigenvalue weighted by atomic mass is 10.1. The van der Waals surface area contributed by atoms with Crippen LogP contribution in [-0.2, 0) is 28.5 Å². The second kappa shape index (κ2) is 5.45. The summed E-state index contributed by atoms with van der Waals surface area (Å²) in [6.07, 6.45) is 3.03. The third-order valence-electron chi connectivity index (χ3n) is 3.07. The molecule has 2 bridgehead atoms. The van der Waals surface area contributed by atoms with Crippen molar-refractivity contribution in [2.75, 3.05) is 11.0 Å². The van der Waals surface area contributed by atoms with Gasteiger partial charge in [-0.1, -0.05) is 45.2 Å². The van der Waals surface area contributed by atoms with Crippen LogP contribution in [0.25, 0.3) is 0 Å². The lowest BCUT2D eigenvalue weighted by molar-refractivity contribution is -0.157. The average molecular weight is 516 g/mol. The second-order valence-electron chi connectivity index (χ2n) is 4.82. The van der Waals surface area contributed by atoms with Crippen LogP contribution >= 0.6 is 45.2 Å². The maximum absolute atomic E-state index is 11.8. The van der Waals surface area contributed by atoms with E-state index >= 15 is 0 Å². The van der Waals surface area contributed by atoms with Crippen LogP contribution in [0.3, 0.4) is 0 Å². The fourth-order valence-electron chi connectivity index (χ4n) is 1.94. The lowest BCUT2D eigenvalue weighted by Crippen LogP contribution is -2.33. The Morgan fingerprint density at radius 1 is 1.48 bits per heavy atom. The molecule has 0 N–H and O–H groups in total. The molecule has 0 aliphatic carbocycles. The van der Waals surface area contributed by atoms with E-state index < -0.39 is 22.0 Å². The lowest BCUT2D eigenvalue weighted by Gasteiger charge is -2.17. The molecule has 2 unspecified atom stereocenters. The molecule has 3 aliphatic rings. The number of carbonyl (C=O) groups excluding carboxylic acids is 2. The molecule has 3 heterocycles. The van der Waals surface area contributed by atoms with Crippen molar-refractivity contribution in [3.63, 3.8) is 0 Å². The highest BCUT2D eigenvalue weighted by molar-refractivity contribution is 14.1. The summed E-state index contributed by atoms with van der Waals surface area (Å²) in [7, 11) is 0. The van der Waals surface area contributed by atoms with Gasteiger partial charge in [-0.15, -0.1) is 0 Å². The number of carbonyl (C=O) groups is 2. The van der Waals surface area contributed by atoms with Crippen molar-refractivity contribution in [2.45, 2.75) is 16.4 Å². The first kappa shape index (κ1) is 15.1. The van der Waals surface area contributed by atoms with Crippen LogP contribution in [0.15, 0.2) is 35.2 Å². The van der Waals surface area contributed by atoms with Crippen molar-refractivity contribution < 1.29 is 28.5 Å². The minimum atomic E-state index is -0.666. The van der Waals surface area contributed by atoms with Gasteiger partial charge in [-0.05, 0) is 13.0 Å². The predicted molar refractivity (Wildman–Crippen MR) is 87.5 cm³/mol. The van der Waals surface area contributed by atoms with E-state index in [2.05, 4.69) is 22.6 Å². The van der Waals surface area contributed by atoms with Crippen LogP contribution in [0.4, 0.5) is 0 Å². The molecule has 0 saturated carbocycles. The first-order chi connectivity index (χ1) is 9.92. The molecule has 0 aromatic heterocycles. The largest absolute Gasteiger partial charge is 0.473 e. The van der Waals surface area contributed by atoms with E-state index in [9.17, 15) is 9.59 Å². The molecule has 0 spiro atoms. The van der Waals surface area contributed by atoms with Crippen LogP contribution in [-0.4, -0.2) is 32.5 Å². The molecule has 0 aromatic carbocycles. The Labute approximate surface area is 147 Å². The number of rotatable bonds is 5. The number of fused-ring (bicyclic) bond motifs is 1. The van der Waals surface area contributed by atoms with Gasteiger partial charge in [0.1, 0.15) is 3.42 Å². The monoisotopic (exact) mass is 516 g/mol. The second-order valence-corrected chi connectivity index (χ2v) is 7.96. The van der Waals surface area contributed by atoms with E-state index in [-0.39, 0.29) is 11.9 Å². The summed E-state index contributed by atoms with van der Waals surface area (Å²) in [6, 6.07) is 0. The van der Waals surface area contributed by atoms with Crippen molar-refractivity contribution in [1.82, 2.24) is 0 Å². The van der Waals surface area contributed by atoms with Crippen molar-refractivity contribution in [3.8, 4) is 0 Å². The Balaban J connectivity index is 1.56. The van der Waals surface area contributed by atoms with Gasteiger partial charge in [-0.2, -0.15) is 0 Å². The minimum Gasteiger partial charge on any atom is -0.473 e. The summed E-state index contributed by atoms with van der Waals surface area (Å²) < 4.78 is 20.8. The van der Waals surface area contributed by atoms with Gasteiger partial charge in [0, 0.05) is 10.0 Å². The molecule has 0 fully saturated rings. The highest BCUT2D eigenvalue weighted by Gasteiger charge is 2.46. The Morgan fingerprint density at radius 3 is 2.95 bits per heavy atom. The summed E-state index contributed by atoms with van der Waals surface area (Å²) in [5, 5.41) is 0. The first-order valence-corrected chi connectivity index (χ1v) is 8.65. The van der Waals surface area contributed by atoms with Gasteiger partial charge < -0.3 is 18.9 Å². The fourth-order valence-corrected chi connectivity index (χ4v) is 2.40. The molecule has 3 aliphatic heterocycles. The highest BCUT2D eigenvalue weighted by atomic mass is 127. The maximum atomic E-state index is 11.8. The molecule has 0 saturated heterocycles. The molecule has 112 valence electrons. The van der Waals surface area contributed by atoms with Crippen LogP contribution < -0.4 is 0 Å². The Hall–Kier alpha value is -0.780. The SMILES string of the molecule is CC(I)(CI)C(=O)OCC(=O)OC1=C2OC=C3C=C1OC32. The zero-order valence-electron chi connectivity index (χ0n) is 10.9. The van der Waals surface area contributed by atoms with Crippen LogP contribution in [0.1, 0.15) is 6.92 Å². The van der Waals surface area contributed by atoms with Gasteiger partial charge in [0.05, 0.1) is 6.26 Å². The zero-order chi connectivity index (χ0) is 15.2. The van der Waals surface area contributed by atoms with Crippen molar-refractivity contribution in [1.29, 1.82) is 0 Å². The predicted octanol–water partition coefficient (Wildman–Crippen LogP) is 2.12. The summed E-state index contributed by atoms with van der Waals surface area (Å²) in [5.74, 6) is 0.111. The molecule has 6 nitrogen and oxygen atoms in total. The van der Waals surface area contributed by atoms with Gasteiger partial charge in [0.15, 0.2) is 24.2 Å². The minimum absolute atomic E-state index is 0.268. The van der Waals surface area contributed by atoms with E-state index in [1.807, 2.05) is 22.6 Å². The van der Waals surface area contributed by atoms with Crippen LogP contribution in [0.2, 0.25) is 0 Å². The van der Waals surface area contributed by atoms with Crippen LogP contribution in [0, 0.1) is 0 Å². The van der Waals surface area contributed by atoms with Crippen molar-refractivity contribution in [3.05, 3.63) is 35.2 Å². The smallest absolute Gasteiger partial charge is 0.349 e. The van der Waals surface area contributed by atoms with E-state index in [0.29, 0.717) is 15.9 Å². The van der Waals surface area contributed by atoms with Gasteiger partial charge in [0.2, 0.25) is 5.76 Å². The Bertz CT molecular complexity index is 616. The van der Waals surface area contributed by atoms with Gasteiger partial charge in [0.25, 0.3) is 0 Å². The zero-order valence-corrected chi connectivity index (χ0v) is 15.2. The highest BCUT2D eigenvalue weighted by Crippen LogP contribution is 2.46. The van der Waals surface area contributed by atoms with E-state index in [1.54, 1.807) is 19.3 Å². The Morgan fingerprint density at radius 2 is 2.24 bits per heavy atom. The van der Waals surface area contributed by atoms with Gasteiger partial charge in [-0.3, -0.25) is 4.79 Å². The van der Waals surface area contributed by atoms with Gasteiger partial charge in [-0.25, -0.2) is 4.79 Å². The number of ether oxygens (including phenoxy) is 4. The summed E-state index contributed by atoms with van der Waals surface area (Å²) in [5.41, 5.74) is 0.911. The normalized spacial score (nSPS) is 23.9. The quantitative estimate of drug-likeness (QED) is 0.317. The van der Waals surface area contributed by atoms with Crippen LogP contribution in [0.5, 0.6) is 0 Å². The summed E-state index contributed by atoms with van der Waals surface area (Å²) >= 11 is 4.08. The van der Waals surface area contributed by atoms with Crippen molar-refractivity contribution in [2.24, 2.45) is 0 Å². The first-order valence-electron chi connectivity index (χ1n) is 6.05. The molecule has 0 aromatic rings. The summed E-state index contributed by atoms with van der Waals surface area (Å²) in [4.78, 5) is 23.5. The Kier molecular flexibility index (Phi) is 3.93. The van der Waals surface area contributed by atoms with Gasteiger partial charge >= 0.3 is 11.9 Å². The standard InChI is InChI=1S/C13H10I2O6/c1-13(15,5-14)12(17)19-4-8(16)21-10-7-2-6-3-18-11(10)9(6)20-7/h2-3,9H,4-5H2,1H3. The van der Waals surface area contributed by atoms with E-state index in [4.69, 9.17) is 18.9 Å². The number of alkyl halides is 2. The number of hydrogen-bond acceptors (Lipinski definition) is 6. The molecule has 8 heteroatoms. The third kappa shape index (κ3) is 2.67. The molecule has 0 amide bonds. The summed E-state index contributed by atoms with van der Waals surface area (Å²) in [6.45, 7) is 1.30. The average Bonchev–Trinajstić information content (AvgIpc) is 3.06.